The number of thioether (sulfide) groups is 1. The first-order valence-electron chi connectivity index (χ1n) is 4.85. The Morgan fingerprint density at radius 3 is 2.00 bits per heavy atom. The maximum atomic E-state index is 5.94. The first-order valence-corrected chi connectivity index (χ1v) is 6.01. The van der Waals surface area contributed by atoms with Gasteiger partial charge in [0, 0.05) is 11.8 Å². The highest BCUT2D eigenvalue weighted by atomic mass is 32.2. The van der Waals surface area contributed by atoms with Crippen molar-refractivity contribution in [2.45, 2.75) is 40.2 Å². The number of hydrogen-bond acceptors (Lipinski definition) is 2. The van der Waals surface area contributed by atoms with E-state index in [-0.39, 0.29) is 0 Å². The predicted octanol–water partition coefficient (Wildman–Crippen LogP) is 2.75. The Balaban J connectivity index is 3.25. The van der Waals surface area contributed by atoms with Crippen molar-refractivity contribution in [3.63, 3.8) is 0 Å². The molecule has 0 aromatic heterocycles. The molecule has 0 heterocycles. The average Bonchev–Trinajstić information content (AvgIpc) is 1.84. The SMILES string of the molecule is CC(C)CSCC(N)CC(C)C. The third-order valence-corrected chi connectivity index (χ3v) is 3.12. The number of hydrogen-bond donors (Lipinski definition) is 1. The summed E-state index contributed by atoms with van der Waals surface area (Å²) >= 11 is 1.99. The Morgan fingerprint density at radius 2 is 1.58 bits per heavy atom. The molecule has 0 aliphatic rings. The van der Waals surface area contributed by atoms with Gasteiger partial charge in [-0.1, -0.05) is 27.7 Å². The molecule has 1 atom stereocenters. The van der Waals surface area contributed by atoms with Crippen LogP contribution >= 0.6 is 11.8 Å². The molecule has 2 heteroatoms. The first-order chi connectivity index (χ1) is 5.52. The fourth-order valence-electron chi connectivity index (χ4n) is 1.13. The molecule has 1 nitrogen and oxygen atoms in total. The molecule has 0 aromatic rings. The van der Waals surface area contributed by atoms with E-state index in [0.29, 0.717) is 6.04 Å². The smallest absolute Gasteiger partial charge is 0.0132 e. The molecule has 0 aliphatic carbocycles. The van der Waals surface area contributed by atoms with Crippen molar-refractivity contribution in [1.82, 2.24) is 0 Å². The van der Waals surface area contributed by atoms with Gasteiger partial charge in [-0.25, -0.2) is 0 Å². The lowest BCUT2D eigenvalue weighted by Crippen LogP contribution is -2.25. The van der Waals surface area contributed by atoms with E-state index in [9.17, 15) is 0 Å². The van der Waals surface area contributed by atoms with Crippen LogP contribution in [0.15, 0.2) is 0 Å². The van der Waals surface area contributed by atoms with Crippen LogP contribution in [0.1, 0.15) is 34.1 Å². The highest BCUT2D eigenvalue weighted by molar-refractivity contribution is 7.99. The van der Waals surface area contributed by atoms with E-state index in [4.69, 9.17) is 5.73 Å². The largest absolute Gasteiger partial charge is 0.327 e. The second kappa shape index (κ2) is 6.79. The summed E-state index contributed by atoms with van der Waals surface area (Å²) in [6.07, 6.45) is 1.16. The molecule has 74 valence electrons. The molecule has 0 aliphatic heterocycles. The fourth-order valence-corrected chi connectivity index (χ4v) is 2.17. The third kappa shape index (κ3) is 8.41. The monoisotopic (exact) mass is 189 g/mol. The predicted molar refractivity (Wildman–Crippen MR) is 59.6 cm³/mol. The highest BCUT2D eigenvalue weighted by Gasteiger charge is 2.05. The van der Waals surface area contributed by atoms with Gasteiger partial charge >= 0.3 is 0 Å². The van der Waals surface area contributed by atoms with Gasteiger partial charge < -0.3 is 5.73 Å². The minimum atomic E-state index is 0.397. The van der Waals surface area contributed by atoms with Gasteiger partial charge in [-0.3, -0.25) is 0 Å². The molecule has 0 amide bonds. The van der Waals surface area contributed by atoms with E-state index < -0.39 is 0 Å². The van der Waals surface area contributed by atoms with Crippen molar-refractivity contribution in [2.75, 3.05) is 11.5 Å². The molecule has 0 saturated heterocycles. The summed E-state index contributed by atoms with van der Waals surface area (Å²) in [5.41, 5.74) is 5.94. The Hall–Kier alpha value is 0.310. The van der Waals surface area contributed by atoms with Crippen LogP contribution in [-0.2, 0) is 0 Å². The van der Waals surface area contributed by atoms with E-state index in [1.165, 1.54) is 5.75 Å². The normalized spacial score (nSPS) is 14.2. The topological polar surface area (TPSA) is 26.0 Å². The zero-order valence-electron chi connectivity index (χ0n) is 8.84. The van der Waals surface area contributed by atoms with Crippen LogP contribution in [0, 0.1) is 11.8 Å². The van der Waals surface area contributed by atoms with Crippen molar-refractivity contribution >= 4 is 11.8 Å². The molecule has 12 heavy (non-hydrogen) atoms. The number of nitrogens with two attached hydrogens (primary N) is 1. The highest BCUT2D eigenvalue weighted by Crippen LogP contribution is 2.12. The molecular formula is C10H23NS. The lowest BCUT2D eigenvalue weighted by molar-refractivity contribution is 0.524. The average molecular weight is 189 g/mol. The summed E-state index contributed by atoms with van der Waals surface area (Å²) in [5.74, 6) is 3.89. The van der Waals surface area contributed by atoms with Gasteiger partial charge in [-0.05, 0) is 24.0 Å². The summed E-state index contributed by atoms with van der Waals surface area (Å²) in [6.45, 7) is 8.96. The zero-order valence-corrected chi connectivity index (χ0v) is 9.66. The van der Waals surface area contributed by atoms with Crippen molar-refractivity contribution < 1.29 is 0 Å². The minimum absolute atomic E-state index is 0.397. The van der Waals surface area contributed by atoms with Gasteiger partial charge in [0.1, 0.15) is 0 Å². The molecule has 0 aromatic carbocycles. The Labute approximate surface area is 81.5 Å². The van der Waals surface area contributed by atoms with Crippen molar-refractivity contribution in [3.8, 4) is 0 Å². The van der Waals surface area contributed by atoms with Gasteiger partial charge in [0.15, 0.2) is 0 Å². The van der Waals surface area contributed by atoms with Gasteiger partial charge in [0.25, 0.3) is 0 Å². The summed E-state index contributed by atoms with van der Waals surface area (Å²) < 4.78 is 0. The maximum absolute atomic E-state index is 5.94. The van der Waals surface area contributed by atoms with Crippen LogP contribution in [-0.4, -0.2) is 17.5 Å². The summed E-state index contributed by atoms with van der Waals surface area (Å²) in [6, 6.07) is 0.397. The minimum Gasteiger partial charge on any atom is -0.327 e. The molecule has 0 saturated carbocycles. The molecule has 2 N–H and O–H groups in total. The van der Waals surface area contributed by atoms with E-state index in [2.05, 4.69) is 27.7 Å². The van der Waals surface area contributed by atoms with Crippen LogP contribution in [0.25, 0.3) is 0 Å². The van der Waals surface area contributed by atoms with Crippen LogP contribution in [0.5, 0.6) is 0 Å². The lowest BCUT2D eigenvalue weighted by Gasteiger charge is -2.13. The Morgan fingerprint density at radius 1 is 1.00 bits per heavy atom. The van der Waals surface area contributed by atoms with Gasteiger partial charge in [-0.2, -0.15) is 11.8 Å². The van der Waals surface area contributed by atoms with Crippen molar-refractivity contribution in [1.29, 1.82) is 0 Å². The molecular weight excluding hydrogens is 166 g/mol. The van der Waals surface area contributed by atoms with Gasteiger partial charge in [-0.15, -0.1) is 0 Å². The van der Waals surface area contributed by atoms with Gasteiger partial charge in [0.2, 0.25) is 0 Å². The zero-order chi connectivity index (χ0) is 9.56. The second-order valence-corrected chi connectivity index (χ2v) is 5.40. The lowest BCUT2D eigenvalue weighted by atomic mass is 10.1. The fraction of sp³-hybridized carbons (Fsp3) is 1.00. The van der Waals surface area contributed by atoms with E-state index in [1.807, 2.05) is 11.8 Å². The molecule has 0 rings (SSSR count). The summed E-state index contributed by atoms with van der Waals surface area (Å²) in [4.78, 5) is 0. The van der Waals surface area contributed by atoms with E-state index in [0.717, 1.165) is 24.0 Å². The van der Waals surface area contributed by atoms with Crippen molar-refractivity contribution in [2.24, 2.45) is 17.6 Å². The van der Waals surface area contributed by atoms with Crippen LogP contribution in [0.2, 0.25) is 0 Å². The van der Waals surface area contributed by atoms with Gasteiger partial charge in [0.05, 0.1) is 0 Å². The van der Waals surface area contributed by atoms with E-state index in [1.54, 1.807) is 0 Å². The molecule has 0 spiro atoms. The summed E-state index contributed by atoms with van der Waals surface area (Å²) in [7, 11) is 0. The van der Waals surface area contributed by atoms with Crippen LogP contribution < -0.4 is 5.73 Å². The number of rotatable bonds is 6. The maximum Gasteiger partial charge on any atom is 0.0132 e. The Bertz CT molecular complexity index is 102. The third-order valence-electron chi connectivity index (χ3n) is 1.56. The molecule has 1 unspecified atom stereocenters. The van der Waals surface area contributed by atoms with Crippen molar-refractivity contribution in [3.05, 3.63) is 0 Å². The van der Waals surface area contributed by atoms with Crippen LogP contribution in [0.3, 0.4) is 0 Å². The van der Waals surface area contributed by atoms with Crippen LogP contribution in [0.4, 0.5) is 0 Å². The second-order valence-electron chi connectivity index (χ2n) is 4.32. The molecule has 0 bridgehead atoms. The molecule has 0 fully saturated rings. The van der Waals surface area contributed by atoms with E-state index >= 15 is 0 Å². The first kappa shape index (κ1) is 12.3. The quantitative estimate of drug-likeness (QED) is 0.695. The standard InChI is InChI=1S/C10H23NS/c1-8(2)5-10(11)7-12-6-9(3)4/h8-10H,5-7,11H2,1-4H3. The Kier molecular flexibility index (Phi) is 6.96. The summed E-state index contributed by atoms with van der Waals surface area (Å²) in [5, 5.41) is 0. The molecule has 0 radical (unpaired) electrons.